The molecule has 0 bridgehead atoms. The van der Waals surface area contributed by atoms with Crippen LogP contribution in [0.2, 0.25) is 0 Å². The van der Waals surface area contributed by atoms with Gasteiger partial charge in [-0.25, -0.2) is 4.79 Å². The van der Waals surface area contributed by atoms with E-state index >= 15 is 0 Å². The van der Waals surface area contributed by atoms with Crippen molar-refractivity contribution in [1.82, 2.24) is 4.57 Å². The maximum absolute atomic E-state index is 11.5. The van der Waals surface area contributed by atoms with Gasteiger partial charge >= 0.3 is 11.7 Å². The standard InChI is InChI=1S/C12H13NO4/c1-2-7-16-11(14)8-13-9-5-3-4-6-10(9)17-12(13)15/h3-6H,2,7-8H2,1H3. The molecule has 0 saturated heterocycles. The second-order valence-electron chi connectivity index (χ2n) is 3.64. The van der Waals surface area contributed by atoms with Crippen molar-refractivity contribution in [3.63, 3.8) is 0 Å². The van der Waals surface area contributed by atoms with Gasteiger partial charge in [0, 0.05) is 0 Å². The Morgan fingerprint density at radius 3 is 2.94 bits per heavy atom. The van der Waals surface area contributed by atoms with Gasteiger partial charge in [0.25, 0.3) is 0 Å². The zero-order valence-electron chi connectivity index (χ0n) is 9.51. The number of esters is 1. The molecule has 0 atom stereocenters. The van der Waals surface area contributed by atoms with Gasteiger partial charge in [-0.3, -0.25) is 9.36 Å². The van der Waals surface area contributed by atoms with E-state index < -0.39 is 11.7 Å². The van der Waals surface area contributed by atoms with Crippen LogP contribution in [-0.2, 0) is 16.1 Å². The number of carbonyl (C=O) groups excluding carboxylic acids is 1. The summed E-state index contributed by atoms with van der Waals surface area (Å²) in [5.74, 6) is -0.972. The lowest BCUT2D eigenvalue weighted by atomic mass is 10.3. The molecule has 90 valence electrons. The molecule has 17 heavy (non-hydrogen) atoms. The zero-order chi connectivity index (χ0) is 12.3. The predicted octanol–water partition coefficient (Wildman–Crippen LogP) is 1.55. The van der Waals surface area contributed by atoms with Gasteiger partial charge in [0.1, 0.15) is 6.54 Å². The van der Waals surface area contributed by atoms with Crippen LogP contribution in [0.25, 0.3) is 11.1 Å². The lowest BCUT2D eigenvalue weighted by Crippen LogP contribution is -2.21. The summed E-state index contributed by atoms with van der Waals surface area (Å²) in [4.78, 5) is 23.0. The minimum atomic E-state index is -0.542. The maximum atomic E-state index is 11.5. The number of fused-ring (bicyclic) bond motifs is 1. The first-order chi connectivity index (χ1) is 8.22. The van der Waals surface area contributed by atoms with E-state index in [1.54, 1.807) is 24.3 Å². The summed E-state index contributed by atoms with van der Waals surface area (Å²) in [7, 11) is 0. The first-order valence-corrected chi connectivity index (χ1v) is 5.46. The molecule has 1 heterocycles. The van der Waals surface area contributed by atoms with E-state index in [-0.39, 0.29) is 6.54 Å². The molecule has 5 nitrogen and oxygen atoms in total. The van der Waals surface area contributed by atoms with Crippen molar-refractivity contribution in [3.8, 4) is 0 Å². The van der Waals surface area contributed by atoms with Crippen molar-refractivity contribution < 1.29 is 13.9 Å². The molecule has 5 heteroatoms. The summed E-state index contributed by atoms with van der Waals surface area (Å²) in [6.07, 6.45) is 0.757. The monoisotopic (exact) mass is 235 g/mol. The number of para-hydroxylation sites is 2. The predicted molar refractivity (Wildman–Crippen MR) is 61.7 cm³/mol. The van der Waals surface area contributed by atoms with Crippen molar-refractivity contribution in [3.05, 3.63) is 34.8 Å². The van der Waals surface area contributed by atoms with Crippen LogP contribution in [-0.4, -0.2) is 17.1 Å². The van der Waals surface area contributed by atoms with Gasteiger partial charge in [0.15, 0.2) is 5.58 Å². The molecule has 0 aliphatic carbocycles. The molecule has 0 radical (unpaired) electrons. The molecule has 1 aromatic heterocycles. The third-order valence-electron chi connectivity index (χ3n) is 2.33. The van der Waals surface area contributed by atoms with Crippen LogP contribution < -0.4 is 5.76 Å². The fourth-order valence-corrected chi connectivity index (χ4v) is 1.55. The average molecular weight is 235 g/mol. The Kier molecular flexibility index (Phi) is 3.27. The molecule has 0 amide bonds. The van der Waals surface area contributed by atoms with E-state index in [9.17, 15) is 9.59 Å². The van der Waals surface area contributed by atoms with E-state index in [4.69, 9.17) is 9.15 Å². The summed E-state index contributed by atoms with van der Waals surface area (Å²) < 4.78 is 11.2. The highest BCUT2D eigenvalue weighted by atomic mass is 16.5. The third kappa shape index (κ3) is 2.38. The van der Waals surface area contributed by atoms with Crippen molar-refractivity contribution in [2.24, 2.45) is 0 Å². The van der Waals surface area contributed by atoms with Gasteiger partial charge in [-0.15, -0.1) is 0 Å². The van der Waals surface area contributed by atoms with E-state index in [2.05, 4.69) is 0 Å². The quantitative estimate of drug-likeness (QED) is 0.754. The highest BCUT2D eigenvalue weighted by Gasteiger charge is 2.12. The van der Waals surface area contributed by atoms with Crippen molar-refractivity contribution >= 4 is 17.1 Å². The minimum absolute atomic E-state index is 0.115. The fraction of sp³-hybridized carbons (Fsp3) is 0.333. The SMILES string of the molecule is CCCOC(=O)Cn1c(=O)oc2ccccc21. The van der Waals surface area contributed by atoms with Gasteiger partial charge in [0.2, 0.25) is 0 Å². The Labute approximate surface area is 97.6 Å². The lowest BCUT2D eigenvalue weighted by molar-refractivity contribution is -0.144. The molecule has 0 fully saturated rings. The number of benzene rings is 1. The van der Waals surface area contributed by atoms with E-state index in [0.29, 0.717) is 17.7 Å². The van der Waals surface area contributed by atoms with Crippen molar-refractivity contribution in [2.45, 2.75) is 19.9 Å². The lowest BCUT2D eigenvalue weighted by Gasteiger charge is -2.03. The summed E-state index contributed by atoms with van der Waals surface area (Å²) in [6, 6.07) is 6.97. The van der Waals surface area contributed by atoms with Crippen molar-refractivity contribution in [2.75, 3.05) is 6.61 Å². The number of nitrogens with zero attached hydrogens (tertiary/aromatic N) is 1. The Morgan fingerprint density at radius 1 is 1.41 bits per heavy atom. The Morgan fingerprint density at radius 2 is 2.18 bits per heavy atom. The molecule has 0 aliphatic heterocycles. The number of hydrogen-bond donors (Lipinski definition) is 0. The van der Waals surface area contributed by atoms with E-state index in [0.717, 1.165) is 6.42 Å². The van der Waals surface area contributed by atoms with Crippen LogP contribution >= 0.6 is 0 Å². The van der Waals surface area contributed by atoms with Crippen molar-refractivity contribution in [1.29, 1.82) is 0 Å². The molecule has 0 saturated carbocycles. The van der Waals surface area contributed by atoms with Crippen LogP contribution in [0, 0.1) is 0 Å². The van der Waals surface area contributed by atoms with Crippen LogP contribution in [0.15, 0.2) is 33.5 Å². The number of hydrogen-bond acceptors (Lipinski definition) is 4. The molecule has 2 rings (SSSR count). The number of ether oxygens (including phenoxy) is 1. The molecule has 0 unspecified atom stereocenters. The molecule has 0 spiro atoms. The maximum Gasteiger partial charge on any atom is 0.420 e. The Balaban J connectivity index is 2.26. The van der Waals surface area contributed by atoms with Crippen LogP contribution in [0.5, 0.6) is 0 Å². The number of aromatic nitrogens is 1. The molecular formula is C12H13NO4. The normalized spacial score (nSPS) is 10.6. The number of oxazole rings is 1. The Hall–Kier alpha value is -2.04. The van der Waals surface area contributed by atoms with Gasteiger partial charge in [-0.1, -0.05) is 19.1 Å². The summed E-state index contributed by atoms with van der Waals surface area (Å²) >= 11 is 0. The highest BCUT2D eigenvalue weighted by Crippen LogP contribution is 2.11. The minimum Gasteiger partial charge on any atom is -0.464 e. The fourth-order valence-electron chi connectivity index (χ4n) is 1.55. The van der Waals surface area contributed by atoms with Gasteiger partial charge in [0.05, 0.1) is 12.1 Å². The van der Waals surface area contributed by atoms with Crippen LogP contribution in [0.1, 0.15) is 13.3 Å². The smallest absolute Gasteiger partial charge is 0.420 e. The second-order valence-corrected chi connectivity index (χ2v) is 3.64. The summed E-state index contributed by atoms with van der Waals surface area (Å²) in [5.41, 5.74) is 1.08. The molecular weight excluding hydrogens is 222 g/mol. The topological polar surface area (TPSA) is 61.4 Å². The van der Waals surface area contributed by atoms with Crippen LogP contribution in [0.3, 0.4) is 0 Å². The van der Waals surface area contributed by atoms with E-state index in [1.165, 1.54) is 4.57 Å². The average Bonchev–Trinajstić information content (AvgIpc) is 2.64. The molecule has 0 N–H and O–H groups in total. The van der Waals surface area contributed by atoms with Gasteiger partial charge in [-0.05, 0) is 18.6 Å². The van der Waals surface area contributed by atoms with E-state index in [1.807, 2.05) is 6.92 Å². The molecule has 0 aliphatic rings. The van der Waals surface area contributed by atoms with Crippen LogP contribution in [0.4, 0.5) is 0 Å². The molecule has 2 aromatic rings. The zero-order valence-corrected chi connectivity index (χ0v) is 9.51. The number of carbonyl (C=O) groups is 1. The number of rotatable bonds is 4. The largest absolute Gasteiger partial charge is 0.464 e. The first-order valence-electron chi connectivity index (χ1n) is 5.46. The summed E-state index contributed by atoms with van der Waals surface area (Å²) in [5, 5.41) is 0. The van der Waals surface area contributed by atoms with Gasteiger partial charge < -0.3 is 9.15 Å². The highest BCUT2D eigenvalue weighted by molar-refractivity contribution is 5.76. The summed E-state index contributed by atoms with van der Waals surface area (Å²) in [6.45, 7) is 2.16. The first kappa shape index (κ1) is 11.4. The molecule has 1 aromatic carbocycles. The Bertz CT molecular complexity index is 581. The second kappa shape index (κ2) is 4.86. The third-order valence-corrected chi connectivity index (χ3v) is 2.33. The van der Waals surface area contributed by atoms with Gasteiger partial charge in [-0.2, -0.15) is 0 Å².